The second kappa shape index (κ2) is 2.82. The first-order chi connectivity index (χ1) is 4.33. The van der Waals surface area contributed by atoms with Gasteiger partial charge in [0.25, 0.3) is 0 Å². The Labute approximate surface area is 57.4 Å². The van der Waals surface area contributed by atoms with Crippen molar-refractivity contribution in [2.45, 2.75) is 6.54 Å². The van der Waals surface area contributed by atoms with E-state index in [1.54, 1.807) is 6.07 Å². The summed E-state index contributed by atoms with van der Waals surface area (Å²) in [4.78, 5) is 0. The fourth-order valence-electron chi connectivity index (χ4n) is 0.534. The third-order valence-electron chi connectivity index (χ3n) is 0.892. The number of hydrogen-bond acceptors (Lipinski definition) is 3. The molecule has 0 saturated heterocycles. The fraction of sp³-hybridized carbons (Fsp3) is 0.250. The summed E-state index contributed by atoms with van der Waals surface area (Å²) in [5, 5.41) is 6.82. The Morgan fingerprint density at radius 3 is 3.11 bits per heavy atom. The summed E-state index contributed by atoms with van der Waals surface area (Å²) in [6, 6.07) is 1.71. The Kier molecular flexibility index (Phi) is 2.05. The smallest absolute Gasteiger partial charge is 0.151 e. The number of aromatic nitrogens is 2. The van der Waals surface area contributed by atoms with E-state index in [-0.39, 0.29) is 0 Å². The highest BCUT2D eigenvalue weighted by molar-refractivity contribution is 6.29. The van der Waals surface area contributed by atoms with Gasteiger partial charge in [0.05, 0.1) is 12.2 Å². The van der Waals surface area contributed by atoms with Crippen molar-refractivity contribution in [2.24, 2.45) is 5.84 Å². The van der Waals surface area contributed by atoms with E-state index in [2.05, 4.69) is 15.6 Å². The zero-order chi connectivity index (χ0) is 6.69. The van der Waals surface area contributed by atoms with Crippen LogP contribution in [0, 0.1) is 0 Å². The maximum absolute atomic E-state index is 5.49. The molecule has 4 N–H and O–H groups in total. The molecule has 0 aliphatic heterocycles. The summed E-state index contributed by atoms with van der Waals surface area (Å²) in [5.74, 6) is 5.03. The summed E-state index contributed by atoms with van der Waals surface area (Å²) in [5.41, 5.74) is 3.34. The predicted octanol–water partition coefficient (Wildman–Crippen LogP) is 0.0264. The molecule has 0 amide bonds. The standard InChI is InChI=1S/C4H7ClN4/c5-4-1-3(2-7-6)8-9-4/h1,7H,2,6H2,(H,8,9). The third kappa shape index (κ3) is 1.67. The predicted molar refractivity (Wildman–Crippen MR) is 34.6 cm³/mol. The second-order valence-electron chi connectivity index (χ2n) is 1.60. The zero-order valence-electron chi connectivity index (χ0n) is 4.69. The Morgan fingerprint density at radius 2 is 2.67 bits per heavy atom. The highest BCUT2D eigenvalue weighted by atomic mass is 35.5. The molecule has 0 saturated carbocycles. The minimum atomic E-state index is 0.459. The topological polar surface area (TPSA) is 66.7 Å². The Bertz CT molecular complexity index is 184. The van der Waals surface area contributed by atoms with Crippen LogP contribution in [0.4, 0.5) is 0 Å². The summed E-state index contributed by atoms with van der Waals surface area (Å²) < 4.78 is 0. The van der Waals surface area contributed by atoms with Gasteiger partial charge < -0.3 is 0 Å². The van der Waals surface area contributed by atoms with Crippen LogP contribution in [0.1, 0.15) is 5.69 Å². The molecule has 1 aromatic rings. The van der Waals surface area contributed by atoms with Crippen LogP contribution < -0.4 is 11.3 Å². The molecule has 0 atom stereocenters. The molecule has 0 spiro atoms. The number of halogens is 1. The lowest BCUT2D eigenvalue weighted by atomic mass is 10.4. The Hall–Kier alpha value is -0.580. The first-order valence-corrected chi connectivity index (χ1v) is 2.84. The van der Waals surface area contributed by atoms with E-state index >= 15 is 0 Å². The van der Waals surface area contributed by atoms with Gasteiger partial charge in [-0.1, -0.05) is 11.6 Å². The minimum absolute atomic E-state index is 0.459. The van der Waals surface area contributed by atoms with Gasteiger partial charge in [0, 0.05) is 0 Å². The molecule has 5 heteroatoms. The van der Waals surface area contributed by atoms with E-state index in [9.17, 15) is 0 Å². The lowest BCUT2D eigenvalue weighted by molar-refractivity contribution is 0.719. The largest absolute Gasteiger partial charge is 0.280 e. The van der Waals surface area contributed by atoms with E-state index in [0.717, 1.165) is 5.69 Å². The van der Waals surface area contributed by atoms with Gasteiger partial charge in [-0.25, -0.2) is 0 Å². The molecule has 1 aromatic heterocycles. The van der Waals surface area contributed by atoms with Crippen LogP contribution in [0.2, 0.25) is 5.15 Å². The van der Waals surface area contributed by atoms with Crippen molar-refractivity contribution in [1.82, 2.24) is 15.6 Å². The van der Waals surface area contributed by atoms with E-state index in [1.165, 1.54) is 0 Å². The van der Waals surface area contributed by atoms with Crippen molar-refractivity contribution in [3.8, 4) is 0 Å². The molecule has 0 radical (unpaired) electrons. The number of hydrazine groups is 1. The summed E-state index contributed by atoms with van der Waals surface area (Å²) in [7, 11) is 0. The molecule has 1 rings (SSSR count). The second-order valence-corrected chi connectivity index (χ2v) is 1.98. The van der Waals surface area contributed by atoms with E-state index in [0.29, 0.717) is 11.7 Å². The number of nitrogens with zero attached hydrogens (tertiary/aromatic N) is 1. The maximum atomic E-state index is 5.49. The van der Waals surface area contributed by atoms with Gasteiger partial charge in [0.15, 0.2) is 5.15 Å². The fourth-order valence-corrected chi connectivity index (χ4v) is 0.708. The van der Waals surface area contributed by atoms with Crippen LogP contribution >= 0.6 is 11.6 Å². The molecule has 9 heavy (non-hydrogen) atoms. The number of nitrogens with two attached hydrogens (primary N) is 1. The summed E-state index contributed by atoms with van der Waals surface area (Å²) >= 11 is 5.49. The van der Waals surface area contributed by atoms with Gasteiger partial charge in [-0.15, -0.1) is 0 Å². The quantitative estimate of drug-likeness (QED) is 0.407. The average molecular weight is 147 g/mol. The molecule has 1 heterocycles. The molecular formula is C4H7ClN4. The lowest BCUT2D eigenvalue weighted by Crippen LogP contribution is -2.20. The third-order valence-corrected chi connectivity index (χ3v) is 1.09. The molecular weight excluding hydrogens is 140 g/mol. The van der Waals surface area contributed by atoms with Crippen LogP contribution in [-0.4, -0.2) is 10.2 Å². The molecule has 0 aliphatic rings. The Morgan fingerprint density at radius 1 is 1.89 bits per heavy atom. The van der Waals surface area contributed by atoms with Gasteiger partial charge in [0.2, 0.25) is 0 Å². The Balaban J connectivity index is 2.61. The highest BCUT2D eigenvalue weighted by Crippen LogP contribution is 2.03. The number of H-pyrrole nitrogens is 1. The number of rotatable bonds is 2. The van der Waals surface area contributed by atoms with Crippen LogP contribution in [-0.2, 0) is 6.54 Å². The SMILES string of the molecule is NNCc1cc(Cl)n[nH]1. The van der Waals surface area contributed by atoms with Crippen LogP contribution in [0.15, 0.2) is 6.07 Å². The summed E-state index contributed by atoms with van der Waals surface area (Å²) in [6.07, 6.45) is 0. The molecule has 0 aliphatic carbocycles. The van der Waals surface area contributed by atoms with Gasteiger partial charge in [-0.05, 0) is 6.07 Å². The number of nitrogens with one attached hydrogen (secondary N) is 2. The molecule has 0 fully saturated rings. The maximum Gasteiger partial charge on any atom is 0.151 e. The molecule has 0 unspecified atom stereocenters. The number of hydrogen-bond donors (Lipinski definition) is 3. The van der Waals surface area contributed by atoms with Crippen molar-refractivity contribution >= 4 is 11.6 Å². The summed E-state index contributed by atoms with van der Waals surface area (Å²) in [6.45, 7) is 0.555. The molecule has 50 valence electrons. The van der Waals surface area contributed by atoms with Gasteiger partial charge in [0.1, 0.15) is 0 Å². The van der Waals surface area contributed by atoms with Crippen LogP contribution in [0.25, 0.3) is 0 Å². The normalized spacial score (nSPS) is 10.0. The molecule has 4 nitrogen and oxygen atoms in total. The first kappa shape index (κ1) is 6.54. The van der Waals surface area contributed by atoms with Crippen molar-refractivity contribution in [2.75, 3.05) is 0 Å². The minimum Gasteiger partial charge on any atom is -0.280 e. The van der Waals surface area contributed by atoms with Gasteiger partial charge in [-0.2, -0.15) is 5.10 Å². The van der Waals surface area contributed by atoms with Crippen molar-refractivity contribution in [3.05, 3.63) is 16.9 Å². The van der Waals surface area contributed by atoms with E-state index in [4.69, 9.17) is 17.4 Å². The van der Waals surface area contributed by atoms with E-state index < -0.39 is 0 Å². The molecule has 0 aromatic carbocycles. The van der Waals surface area contributed by atoms with Gasteiger partial charge in [-0.3, -0.25) is 16.4 Å². The zero-order valence-corrected chi connectivity index (χ0v) is 5.44. The highest BCUT2D eigenvalue weighted by Gasteiger charge is 1.94. The number of aromatic amines is 1. The van der Waals surface area contributed by atoms with Crippen molar-refractivity contribution < 1.29 is 0 Å². The molecule has 0 bridgehead atoms. The van der Waals surface area contributed by atoms with Crippen LogP contribution in [0.5, 0.6) is 0 Å². The van der Waals surface area contributed by atoms with E-state index in [1.807, 2.05) is 0 Å². The monoisotopic (exact) mass is 146 g/mol. The van der Waals surface area contributed by atoms with Gasteiger partial charge >= 0.3 is 0 Å². The van der Waals surface area contributed by atoms with Crippen molar-refractivity contribution in [1.29, 1.82) is 0 Å². The average Bonchev–Trinajstić information content (AvgIpc) is 2.17. The van der Waals surface area contributed by atoms with Crippen molar-refractivity contribution in [3.63, 3.8) is 0 Å². The first-order valence-electron chi connectivity index (χ1n) is 2.46. The van der Waals surface area contributed by atoms with Crippen LogP contribution in [0.3, 0.4) is 0 Å². The lowest BCUT2D eigenvalue weighted by Gasteiger charge is -1.89.